The van der Waals surface area contributed by atoms with E-state index in [1.54, 1.807) is 0 Å². The van der Waals surface area contributed by atoms with Crippen molar-refractivity contribution in [1.82, 2.24) is 0 Å². The van der Waals surface area contributed by atoms with Crippen molar-refractivity contribution in [2.24, 2.45) is 0 Å². The van der Waals surface area contributed by atoms with Gasteiger partial charge in [0.1, 0.15) is 13.2 Å². The number of ether oxygens (including phenoxy) is 3. The summed E-state index contributed by atoms with van der Waals surface area (Å²) in [5, 5.41) is 0. The Morgan fingerprint density at radius 2 is 0.403 bits per heavy atom. The van der Waals surface area contributed by atoms with Crippen molar-refractivity contribution in [1.29, 1.82) is 0 Å². The molecule has 0 rings (SSSR count). The molecule has 0 N–H and O–H groups in total. The second-order valence-corrected chi connectivity index (χ2v) is 21.0. The van der Waals surface area contributed by atoms with E-state index < -0.39 is 6.10 Å². The smallest absolute Gasteiger partial charge is 0.306 e. The Morgan fingerprint density at radius 1 is 0.239 bits per heavy atom. The molecule has 0 aliphatic carbocycles. The summed E-state index contributed by atoms with van der Waals surface area (Å²) in [5.74, 6) is -0.844. The standard InChI is InChI=1S/C61H118O6/c1-4-7-10-13-16-18-20-22-24-26-27-28-29-30-31-32-33-34-36-37-39-41-43-45-48-51-54-60(63)66-57-58(56-65-59(62)53-50-47-15-12-9-6-3)67-61(64)55-52-49-46-44-42-40-38-35-25-23-21-19-17-14-11-8-5-2/h58H,4-57H2,1-3H3. The van der Waals surface area contributed by atoms with E-state index in [1.165, 1.54) is 257 Å². The lowest BCUT2D eigenvalue weighted by Crippen LogP contribution is -2.30. The fourth-order valence-corrected chi connectivity index (χ4v) is 9.51. The molecule has 0 radical (unpaired) electrons. The summed E-state index contributed by atoms with van der Waals surface area (Å²) in [6.45, 7) is 6.65. The normalized spacial score (nSPS) is 11.9. The highest BCUT2D eigenvalue weighted by molar-refractivity contribution is 5.71. The van der Waals surface area contributed by atoms with Crippen LogP contribution in [0.4, 0.5) is 0 Å². The van der Waals surface area contributed by atoms with Crippen molar-refractivity contribution in [3.63, 3.8) is 0 Å². The molecule has 0 saturated heterocycles. The first-order valence-electron chi connectivity index (χ1n) is 30.5. The van der Waals surface area contributed by atoms with Crippen LogP contribution in [0.25, 0.3) is 0 Å². The van der Waals surface area contributed by atoms with E-state index >= 15 is 0 Å². The second kappa shape index (κ2) is 57.0. The molecule has 0 fully saturated rings. The summed E-state index contributed by atoms with van der Waals surface area (Å²) < 4.78 is 16.8. The molecule has 0 heterocycles. The molecule has 0 aromatic carbocycles. The third-order valence-corrected chi connectivity index (χ3v) is 14.1. The molecule has 0 aliphatic heterocycles. The summed E-state index contributed by atoms with van der Waals surface area (Å²) >= 11 is 0. The van der Waals surface area contributed by atoms with Gasteiger partial charge < -0.3 is 14.2 Å². The molecule has 1 atom stereocenters. The van der Waals surface area contributed by atoms with Gasteiger partial charge in [0, 0.05) is 19.3 Å². The Labute approximate surface area is 418 Å². The summed E-state index contributed by atoms with van der Waals surface area (Å²) in [4.78, 5) is 37.9. The lowest BCUT2D eigenvalue weighted by Gasteiger charge is -2.18. The van der Waals surface area contributed by atoms with Crippen molar-refractivity contribution in [3.8, 4) is 0 Å². The minimum absolute atomic E-state index is 0.0621. The number of hydrogen-bond acceptors (Lipinski definition) is 6. The van der Waals surface area contributed by atoms with Gasteiger partial charge in [0.15, 0.2) is 6.10 Å². The zero-order chi connectivity index (χ0) is 48.6. The van der Waals surface area contributed by atoms with Crippen molar-refractivity contribution in [3.05, 3.63) is 0 Å². The van der Waals surface area contributed by atoms with Crippen LogP contribution < -0.4 is 0 Å². The Morgan fingerprint density at radius 3 is 0.597 bits per heavy atom. The first-order chi connectivity index (χ1) is 33.0. The van der Waals surface area contributed by atoms with Crippen molar-refractivity contribution in [2.75, 3.05) is 13.2 Å². The summed E-state index contributed by atoms with van der Waals surface area (Å²) in [6, 6.07) is 0. The number of hydrogen-bond donors (Lipinski definition) is 0. The predicted molar refractivity (Wildman–Crippen MR) is 289 cm³/mol. The van der Waals surface area contributed by atoms with Gasteiger partial charge in [-0.25, -0.2) is 0 Å². The van der Waals surface area contributed by atoms with E-state index in [1.807, 2.05) is 0 Å². The van der Waals surface area contributed by atoms with Gasteiger partial charge in [0.25, 0.3) is 0 Å². The highest BCUT2D eigenvalue weighted by atomic mass is 16.6. The number of carbonyl (C=O) groups is 3. The minimum Gasteiger partial charge on any atom is -0.462 e. The fraction of sp³-hybridized carbons (Fsp3) is 0.951. The van der Waals surface area contributed by atoms with Gasteiger partial charge in [-0.15, -0.1) is 0 Å². The molecule has 0 aromatic rings. The predicted octanol–water partition coefficient (Wildman–Crippen LogP) is 20.3. The Bertz CT molecular complexity index is 998. The van der Waals surface area contributed by atoms with E-state index in [4.69, 9.17) is 14.2 Å². The lowest BCUT2D eigenvalue weighted by molar-refractivity contribution is -0.167. The number of esters is 3. The van der Waals surface area contributed by atoms with Gasteiger partial charge in [-0.3, -0.25) is 14.4 Å². The molecule has 0 aromatic heterocycles. The van der Waals surface area contributed by atoms with E-state index in [2.05, 4.69) is 20.8 Å². The van der Waals surface area contributed by atoms with Crippen LogP contribution in [0.15, 0.2) is 0 Å². The molecular formula is C61H118O6. The van der Waals surface area contributed by atoms with Gasteiger partial charge in [-0.2, -0.15) is 0 Å². The van der Waals surface area contributed by atoms with Crippen LogP contribution >= 0.6 is 0 Å². The summed E-state index contributed by atoms with van der Waals surface area (Å²) in [7, 11) is 0. The molecule has 0 bridgehead atoms. The molecule has 0 saturated carbocycles. The minimum atomic E-state index is -0.760. The van der Waals surface area contributed by atoms with Crippen molar-refractivity contribution < 1.29 is 28.6 Å². The van der Waals surface area contributed by atoms with Gasteiger partial charge in [0.05, 0.1) is 0 Å². The maximum atomic E-state index is 12.8. The van der Waals surface area contributed by atoms with Gasteiger partial charge in [-0.05, 0) is 19.3 Å². The third kappa shape index (κ3) is 55.2. The van der Waals surface area contributed by atoms with Crippen molar-refractivity contribution in [2.45, 2.75) is 361 Å². The van der Waals surface area contributed by atoms with Crippen LogP contribution in [-0.4, -0.2) is 37.2 Å². The average Bonchev–Trinajstić information content (AvgIpc) is 3.33. The number of carbonyl (C=O) groups excluding carboxylic acids is 3. The molecule has 1 unspecified atom stereocenters. The Hall–Kier alpha value is -1.59. The Kier molecular flexibility index (Phi) is 55.6. The fourth-order valence-electron chi connectivity index (χ4n) is 9.51. The second-order valence-electron chi connectivity index (χ2n) is 21.0. The molecule has 0 aliphatic rings. The van der Waals surface area contributed by atoms with Crippen LogP contribution in [-0.2, 0) is 28.6 Å². The first kappa shape index (κ1) is 65.4. The third-order valence-electron chi connectivity index (χ3n) is 14.1. The number of unbranched alkanes of at least 4 members (excludes halogenated alkanes) is 46. The average molecular weight is 948 g/mol. The number of rotatable bonds is 57. The topological polar surface area (TPSA) is 78.9 Å². The zero-order valence-corrected chi connectivity index (χ0v) is 45.7. The molecule has 0 spiro atoms. The molecule has 6 heteroatoms. The molecule has 6 nitrogen and oxygen atoms in total. The van der Waals surface area contributed by atoms with Crippen LogP contribution in [0, 0.1) is 0 Å². The maximum absolute atomic E-state index is 12.8. The van der Waals surface area contributed by atoms with Crippen LogP contribution in [0.3, 0.4) is 0 Å². The van der Waals surface area contributed by atoms with Gasteiger partial charge >= 0.3 is 17.9 Å². The van der Waals surface area contributed by atoms with Crippen LogP contribution in [0.5, 0.6) is 0 Å². The van der Waals surface area contributed by atoms with E-state index in [0.29, 0.717) is 19.3 Å². The maximum Gasteiger partial charge on any atom is 0.306 e. The highest BCUT2D eigenvalue weighted by Gasteiger charge is 2.19. The van der Waals surface area contributed by atoms with Crippen molar-refractivity contribution >= 4 is 17.9 Å². The Balaban J connectivity index is 3.99. The monoisotopic (exact) mass is 947 g/mol. The summed E-state index contributed by atoms with van der Waals surface area (Å²) in [6.07, 6.45) is 64.3. The zero-order valence-electron chi connectivity index (χ0n) is 45.7. The highest BCUT2D eigenvalue weighted by Crippen LogP contribution is 2.18. The molecule has 67 heavy (non-hydrogen) atoms. The lowest BCUT2D eigenvalue weighted by atomic mass is 10.0. The van der Waals surface area contributed by atoms with E-state index in [-0.39, 0.29) is 31.1 Å². The quantitative estimate of drug-likeness (QED) is 0.0343. The van der Waals surface area contributed by atoms with E-state index in [9.17, 15) is 14.4 Å². The molecule has 0 amide bonds. The van der Waals surface area contributed by atoms with Crippen LogP contribution in [0.1, 0.15) is 355 Å². The van der Waals surface area contributed by atoms with Crippen LogP contribution in [0.2, 0.25) is 0 Å². The molecular weight excluding hydrogens is 829 g/mol. The van der Waals surface area contributed by atoms with E-state index in [0.717, 1.165) is 57.8 Å². The first-order valence-corrected chi connectivity index (χ1v) is 30.5. The SMILES string of the molecule is CCCCCCCCCCCCCCCCCCCCCCCCCCCCC(=O)OCC(COC(=O)CCCCCCCC)OC(=O)CCCCCCCCCCCCCCCCCCC. The molecule has 398 valence electrons. The largest absolute Gasteiger partial charge is 0.462 e. The van der Waals surface area contributed by atoms with Gasteiger partial charge in [0.2, 0.25) is 0 Å². The summed E-state index contributed by atoms with van der Waals surface area (Å²) in [5.41, 5.74) is 0. The van der Waals surface area contributed by atoms with Gasteiger partial charge in [-0.1, -0.05) is 316 Å².